The molecule has 7 nitrogen and oxygen atoms in total. The highest BCUT2D eigenvalue weighted by atomic mass is 32.2. The molecule has 1 aromatic rings. The molecule has 0 radical (unpaired) electrons. The first kappa shape index (κ1) is 23.9. The van der Waals surface area contributed by atoms with Crippen molar-refractivity contribution in [3.63, 3.8) is 0 Å². The summed E-state index contributed by atoms with van der Waals surface area (Å²) in [5.41, 5.74) is 0.129. The molecule has 0 aromatic carbocycles. The summed E-state index contributed by atoms with van der Waals surface area (Å²) in [4.78, 5) is 29.4. The molecule has 0 spiro atoms. The Morgan fingerprint density at radius 3 is 2.44 bits per heavy atom. The van der Waals surface area contributed by atoms with E-state index >= 15 is 0 Å². The number of nitrogens with one attached hydrogen (secondary N) is 2. The molecule has 0 saturated heterocycles. The first-order chi connectivity index (χ1) is 16.3. The van der Waals surface area contributed by atoms with Crippen LogP contribution in [0.3, 0.4) is 0 Å². The number of aliphatic carboxylic acids is 1. The van der Waals surface area contributed by atoms with Gasteiger partial charge in [-0.2, -0.15) is 0 Å². The Hall–Kier alpha value is -1.80. The van der Waals surface area contributed by atoms with Crippen molar-refractivity contribution in [1.29, 1.82) is 0 Å². The van der Waals surface area contributed by atoms with Crippen molar-refractivity contribution in [2.24, 2.45) is 23.7 Å². The van der Waals surface area contributed by atoms with Crippen LogP contribution in [0.25, 0.3) is 0 Å². The smallest absolute Gasteiger partial charge is 0.306 e. The van der Waals surface area contributed by atoms with Crippen LogP contribution in [0.15, 0.2) is 17.2 Å². The molecule has 5 aliphatic rings. The molecule has 6 rings (SSSR count). The Balaban J connectivity index is 1.26. The zero-order chi connectivity index (χ0) is 23.9. The number of hydrogen-bond donors (Lipinski definition) is 4. The SMILES string of the molecule is CCCSc1nc(N[C@H]2CC[C@@H](C(=O)O)CC2)ccc1C(=O)N[C@H]1C2CC3CC1C[C@](O)(C3)C2. The van der Waals surface area contributed by atoms with Crippen molar-refractivity contribution < 1.29 is 19.8 Å². The van der Waals surface area contributed by atoms with Gasteiger partial charge in [-0.15, -0.1) is 11.8 Å². The van der Waals surface area contributed by atoms with Gasteiger partial charge in [0.05, 0.1) is 17.1 Å². The topological polar surface area (TPSA) is 112 Å². The fraction of sp³-hybridized carbons (Fsp3) is 0.731. The Labute approximate surface area is 205 Å². The maximum Gasteiger partial charge on any atom is 0.306 e. The normalized spacial score (nSPS) is 36.3. The number of rotatable bonds is 8. The molecular formula is C26H37N3O4S. The second kappa shape index (κ2) is 9.69. The maximum absolute atomic E-state index is 13.4. The number of hydrogen-bond acceptors (Lipinski definition) is 6. The average molecular weight is 488 g/mol. The van der Waals surface area contributed by atoms with Gasteiger partial charge >= 0.3 is 5.97 Å². The molecule has 1 heterocycles. The predicted octanol–water partition coefficient (Wildman–Crippen LogP) is 4.31. The number of aromatic nitrogens is 1. The number of nitrogens with zero attached hydrogens (tertiary/aromatic N) is 1. The maximum atomic E-state index is 13.4. The standard InChI is InChI=1S/C26H37N3O4S/c1-2-9-34-24-20(7-8-21(28-24)27-19-5-3-16(4-6-19)25(31)32)23(30)29-22-17-10-15-11-18(22)14-26(33,12-15)13-17/h7-8,15-19,22,33H,2-6,9-14H2,1H3,(H,27,28)(H,29,30)(H,31,32)/t15?,16-,17?,18?,19+,22-,26-. The molecule has 1 aromatic heterocycles. The van der Waals surface area contributed by atoms with Crippen molar-refractivity contribution in [2.75, 3.05) is 11.1 Å². The van der Waals surface area contributed by atoms with Gasteiger partial charge in [0.2, 0.25) is 0 Å². The molecule has 8 heteroatoms. The first-order valence-electron chi connectivity index (χ1n) is 13.0. The van der Waals surface area contributed by atoms with Crippen LogP contribution in [-0.2, 0) is 4.79 Å². The van der Waals surface area contributed by atoms with E-state index in [2.05, 4.69) is 17.6 Å². The van der Waals surface area contributed by atoms with E-state index in [9.17, 15) is 19.8 Å². The van der Waals surface area contributed by atoms with E-state index in [0.29, 0.717) is 36.2 Å². The highest BCUT2D eigenvalue weighted by molar-refractivity contribution is 7.99. The van der Waals surface area contributed by atoms with E-state index in [0.717, 1.165) is 68.0 Å². The van der Waals surface area contributed by atoms with Crippen LogP contribution in [0.1, 0.15) is 81.5 Å². The second-order valence-electron chi connectivity index (χ2n) is 11.1. The molecule has 5 aliphatic carbocycles. The summed E-state index contributed by atoms with van der Waals surface area (Å²) in [7, 11) is 0. The number of carboxylic acid groups (broad SMARTS) is 1. The van der Waals surface area contributed by atoms with Crippen molar-refractivity contribution >= 4 is 29.5 Å². The molecule has 186 valence electrons. The lowest BCUT2D eigenvalue weighted by Crippen LogP contribution is -2.61. The molecule has 2 unspecified atom stereocenters. The van der Waals surface area contributed by atoms with Crippen LogP contribution in [-0.4, -0.2) is 50.5 Å². The number of carbonyl (C=O) groups is 2. The predicted molar refractivity (Wildman–Crippen MR) is 132 cm³/mol. The Morgan fingerprint density at radius 2 is 1.82 bits per heavy atom. The van der Waals surface area contributed by atoms with Gasteiger partial charge in [0.25, 0.3) is 5.91 Å². The first-order valence-corrected chi connectivity index (χ1v) is 14.0. The Morgan fingerprint density at radius 1 is 1.12 bits per heavy atom. The van der Waals surface area contributed by atoms with Crippen LogP contribution >= 0.6 is 11.8 Å². The third-order valence-electron chi connectivity index (χ3n) is 8.51. The van der Waals surface area contributed by atoms with E-state index in [-0.39, 0.29) is 23.9 Å². The van der Waals surface area contributed by atoms with Crippen molar-refractivity contribution in [2.45, 2.75) is 93.8 Å². The highest BCUT2D eigenvalue weighted by Crippen LogP contribution is 2.55. The molecule has 34 heavy (non-hydrogen) atoms. The molecule has 2 atom stereocenters. The molecule has 5 fully saturated rings. The molecule has 0 aliphatic heterocycles. The van der Waals surface area contributed by atoms with E-state index in [4.69, 9.17) is 4.98 Å². The van der Waals surface area contributed by atoms with Crippen molar-refractivity contribution in [3.8, 4) is 0 Å². The molecular weight excluding hydrogens is 450 g/mol. The van der Waals surface area contributed by atoms with Crippen LogP contribution in [0.2, 0.25) is 0 Å². The fourth-order valence-electron chi connectivity index (χ4n) is 7.14. The Kier molecular flexibility index (Phi) is 6.81. The minimum absolute atomic E-state index is 0.0518. The van der Waals surface area contributed by atoms with Gasteiger partial charge in [0.15, 0.2) is 0 Å². The number of carboxylic acids is 1. The third-order valence-corrected chi connectivity index (χ3v) is 9.71. The van der Waals surface area contributed by atoms with Gasteiger partial charge in [0, 0.05) is 12.1 Å². The lowest BCUT2D eigenvalue weighted by atomic mass is 9.52. The number of anilines is 1. The quantitative estimate of drug-likeness (QED) is 0.404. The third kappa shape index (κ3) is 4.94. The van der Waals surface area contributed by atoms with Gasteiger partial charge < -0.3 is 20.8 Å². The van der Waals surface area contributed by atoms with E-state index in [1.807, 2.05) is 12.1 Å². The van der Waals surface area contributed by atoms with Crippen LogP contribution in [0, 0.1) is 23.7 Å². The average Bonchev–Trinajstić information content (AvgIpc) is 2.79. The van der Waals surface area contributed by atoms with Crippen LogP contribution in [0.4, 0.5) is 5.82 Å². The summed E-state index contributed by atoms with van der Waals surface area (Å²) in [6.45, 7) is 2.12. The summed E-state index contributed by atoms with van der Waals surface area (Å²) in [6.07, 6.45) is 8.80. The summed E-state index contributed by atoms with van der Waals surface area (Å²) in [5, 5.41) is 27.7. The fourth-order valence-corrected chi connectivity index (χ4v) is 8.02. The van der Waals surface area contributed by atoms with Gasteiger partial charge in [0.1, 0.15) is 10.8 Å². The Bertz CT molecular complexity index is 917. The minimum Gasteiger partial charge on any atom is -0.481 e. The number of carbonyl (C=O) groups excluding carboxylic acids is 1. The van der Waals surface area contributed by atoms with E-state index < -0.39 is 11.6 Å². The monoisotopic (exact) mass is 487 g/mol. The minimum atomic E-state index is -0.696. The summed E-state index contributed by atoms with van der Waals surface area (Å²) < 4.78 is 0. The van der Waals surface area contributed by atoms with Crippen LogP contribution in [0.5, 0.6) is 0 Å². The zero-order valence-electron chi connectivity index (χ0n) is 20.0. The number of thioether (sulfide) groups is 1. The van der Waals surface area contributed by atoms with Gasteiger partial charge in [-0.05, 0) is 99.8 Å². The second-order valence-corrected chi connectivity index (χ2v) is 12.2. The van der Waals surface area contributed by atoms with E-state index in [1.165, 1.54) is 0 Å². The van der Waals surface area contributed by atoms with Gasteiger partial charge in [-0.3, -0.25) is 9.59 Å². The number of aliphatic hydroxyl groups is 1. The molecule has 4 bridgehead atoms. The largest absolute Gasteiger partial charge is 0.481 e. The highest BCUT2D eigenvalue weighted by Gasteiger charge is 2.55. The molecule has 5 saturated carbocycles. The van der Waals surface area contributed by atoms with Crippen molar-refractivity contribution in [1.82, 2.24) is 10.3 Å². The van der Waals surface area contributed by atoms with E-state index in [1.54, 1.807) is 11.8 Å². The lowest BCUT2D eigenvalue weighted by molar-refractivity contribution is -0.142. The molecule has 1 amide bonds. The zero-order valence-corrected chi connectivity index (χ0v) is 20.8. The number of pyridine rings is 1. The summed E-state index contributed by atoms with van der Waals surface area (Å²) in [5.74, 6) is 2.03. The molecule has 4 N–H and O–H groups in total. The van der Waals surface area contributed by atoms with Gasteiger partial charge in [-0.25, -0.2) is 4.98 Å². The lowest BCUT2D eigenvalue weighted by Gasteiger charge is -2.58. The van der Waals surface area contributed by atoms with Crippen molar-refractivity contribution in [3.05, 3.63) is 17.7 Å². The summed E-state index contributed by atoms with van der Waals surface area (Å²) >= 11 is 1.62. The van der Waals surface area contributed by atoms with Crippen LogP contribution < -0.4 is 10.6 Å². The van der Waals surface area contributed by atoms with Gasteiger partial charge in [-0.1, -0.05) is 6.92 Å². The summed E-state index contributed by atoms with van der Waals surface area (Å²) in [6, 6.07) is 4.13. The number of amides is 1.